The highest BCUT2D eigenvalue weighted by Crippen LogP contribution is 2.40. The van der Waals surface area contributed by atoms with Gasteiger partial charge in [0, 0.05) is 22.6 Å². The standard InChI is InChI=1S/C18H13ClF4N2O3/c19-12-5-1-10(2-6-12)15(25-24-14-9-17(14,20)16(26)27)11-3-7-13(8-4-11)28-18(21,22)23/h1-8,14,24H,9H2,(H,26,27)/b25-15+. The Morgan fingerprint density at radius 2 is 1.68 bits per heavy atom. The van der Waals surface area contributed by atoms with Crippen LogP contribution < -0.4 is 10.2 Å². The summed E-state index contributed by atoms with van der Waals surface area (Å²) in [6.45, 7) is 0. The predicted molar refractivity (Wildman–Crippen MR) is 93.2 cm³/mol. The van der Waals surface area contributed by atoms with Gasteiger partial charge in [0.2, 0.25) is 5.67 Å². The lowest BCUT2D eigenvalue weighted by Gasteiger charge is -2.11. The molecule has 1 aliphatic rings. The van der Waals surface area contributed by atoms with Crippen LogP contribution in [0.1, 0.15) is 17.5 Å². The Bertz CT molecular complexity index is 901. The first kappa shape index (κ1) is 19.9. The number of hydrogen-bond donors (Lipinski definition) is 2. The molecule has 10 heteroatoms. The molecule has 28 heavy (non-hydrogen) atoms. The number of alkyl halides is 4. The normalized spacial score (nSPS) is 21.9. The molecule has 0 heterocycles. The first-order valence-corrected chi connectivity index (χ1v) is 8.34. The number of nitrogens with zero attached hydrogens (tertiary/aromatic N) is 1. The lowest BCUT2D eigenvalue weighted by Crippen LogP contribution is -2.28. The molecule has 2 aromatic carbocycles. The fourth-order valence-corrected chi connectivity index (χ4v) is 2.61. The first-order chi connectivity index (χ1) is 13.1. The predicted octanol–water partition coefficient (Wildman–Crippen LogP) is 4.15. The number of carboxylic acid groups (broad SMARTS) is 1. The SMILES string of the molecule is O=C(O)C1(F)CC1N/N=C(\c1ccc(Cl)cc1)c1ccc(OC(F)(F)F)cc1. The highest BCUT2D eigenvalue weighted by molar-refractivity contribution is 6.30. The van der Waals surface area contributed by atoms with Crippen LogP contribution in [-0.2, 0) is 4.79 Å². The zero-order valence-corrected chi connectivity index (χ0v) is 14.8. The van der Waals surface area contributed by atoms with Gasteiger partial charge in [-0.1, -0.05) is 23.7 Å². The lowest BCUT2D eigenvalue weighted by atomic mass is 10.0. The van der Waals surface area contributed by atoms with Crippen LogP contribution in [-0.4, -0.2) is 34.9 Å². The van der Waals surface area contributed by atoms with Crippen LogP contribution in [0.4, 0.5) is 17.6 Å². The van der Waals surface area contributed by atoms with Gasteiger partial charge in [-0.25, -0.2) is 9.18 Å². The Balaban J connectivity index is 1.87. The molecule has 0 aromatic heterocycles. The molecule has 5 nitrogen and oxygen atoms in total. The van der Waals surface area contributed by atoms with E-state index in [9.17, 15) is 22.4 Å². The molecule has 2 aromatic rings. The minimum atomic E-state index is -4.82. The molecule has 0 amide bonds. The summed E-state index contributed by atoms with van der Waals surface area (Å²) in [5, 5.41) is 13.4. The van der Waals surface area contributed by atoms with Gasteiger partial charge in [0.15, 0.2) is 0 Å². The number of rotatable bonds is 6. The van der Waals surface area contributed by atoms with Crippen LogP contribution in [0.25, 0.3) is 0 Å². The molecule has 2 atom stereocenters. The van der Waals surface area contributed by atoms with E-state index >= 15 is 0 Å². The minimum Gasteiger partial charge on any atom is -0.479 e. The first-order valence-electron chi connectivity index (χ1n) is 7.96. The van der Waals surface area contributed by atoms with Crippen molar-refractivity contribution >= 4 is 23.3 Å². The number of aliphatic carboxylic acids is 1. The number of halogens is 5. The zero-order valence-electron chi connectivity index (χ0n) is 14.0. The topological polar surface area (TPSA) is 70.9 Å². The van der Waals surface area contributed by atoms with Crippen LogP contribution in [0.2, 0.25) is 5.02 Å². The van der Waals surface area contributed by atoms with Crippen molar-refractivity contribution in [1.82, 2.24) is 5.43 Å². The van der Waals surface area contributed by atoms with Crippen LogP contribution in [0.3, 0.4) is 0 Å². The number of hydrogen-bond acceptors (Lipinski definition) is 4. The van der Waals surface area contributed by atoms with E-state index < -0.39 is 29.8 Å². The van der Waals surface area contributed by atoms with Gasteiger partial charge in [0.1, 0.15) is 5.75 Å². The lowest BCUT2D eigenvalue weighted by molar-refractivity contribution is -0.274. The molecule has 0 saturated heterocycles. The Morgan fingerprint density at radius 1 is 1.14 bits per heavy atom. The average Bonchev–Trinajstić information content (AvgIpc) is 3.28. The molecule has 1 saturated carbocycles. The number of nitrogens with one attached hydrogen (secondary N) is 1. The molecule has 1 fully saturated rings. The Labute approximate surface area is 161 Å². The largest absolute Gasteiger partial charge is 0.573 e. The molecule has 1 aliphatic carbocycles. The van der Waals surface area contributed by atoms with Crippen molar-refractivity contribution in [2.75, 3.05) is 0 Å². The van der Waals surface area contributed by atoms with Gasteiger partial charge in [0.05, 0.1) is 11.8 Å². The molecule has 0 aliphatic heterocycles. The summed E-state index contributed by atoms with van der Waals surface area (Å²) in [4.78, 5) is 10.9. The van der Waals surface area contributed by atoms with Crippen molar-refractivity contribution in [3.63, 3.8) is 0 Å². The molecular weight excluding hydrogens is 404 g/mol. The maximum atomic E-state index is 13.9. The highest BCUT2D eigenvalue weighted by Gasteiger charge is 2.63. The van der Waals surface area contributed by atoms with E-state index in [2.05, 4.69) is 15.3 Å². The summed E-state index contributed by atoms with van der Waals surface area (Å²) in [6.07, 6.45) is -5.05. The van der Waals surface area contributed by atoms with E-state index in [4.69, 9.17) is 16.7 Å². The summed E-state index contributed by atoms with van der Waals surface area (Å²) in [5.74, 6) is -1.99. The van der Waals surface area contributed by atoms with Crippen LogP contribution >= 0.6 is 11.6 Å². The molecule has 0 bridgehead atoms. The van der Waals surface area contributed by atoms with Crippen LogP contribution in [0.15, 0.2) is 53.6 Å². The van der Waals surface area contributed by atoms with E-state index in [1.165, 1.54) is 12.1 Å². The number of carboxylic acids is 1. The fourth-order valence-electron chi connectivity index (χ4n) is 2.48. The maximum absolute atomic E-state index is 13.9. The highest BCUT2D eigenvalue weighted by atomic mass is 35.5. The number of carbonyl (C=O) groups is 1. The Hall–Kier alpha value is -2.81. The van der Waals surface area contributed by atoms with Crippen molar-refractivity contribution in [2.45, 2.75) is 24.5 Å². The second kappa shape index (κ2) is 7.31. The van der Waals surface area contributed by atoms with Gasteiger partial charge < -0.3 is 15.3 Å². The number of benzene rings is 2. The summed E-state index contributed by atoms with van der Waals surface area (Å²) < 4.78 is 54.7. The van der Waals surface area contributed by atoms with Gasteiger partial charge in [-0.15, -0.1) is 13.2 Å². The molecular formula is C18H13ClF4N2O3. The zero-order chi connectivity index (χ0) is 20.5. The minimum absolute atomic E-state index is 0.238. The van der Waals surface area contributed by atoms with Crippen molar-refractivity contribution in [3.05, 3.63) is 64.7 Å². The molecule has 0 radical (unpaired) electrons. The average molecular weight is 417 g/mol. The molecule has 0 spiro atoms. The van der Waals surface area contributed by atoms with E-state index in [1.54, 1.807) is 24.3 Å². The number of hydrazone groups is 1. The quantitative estimate of drug-likeness (QED) is 0.422. The van der Waals surface area contributed by atoms with Crippen molar-refractivity contribution < 1.29 is 32.2 Å². The van der Waals surface area contributed by atoms with Crippen LogP contribution in [0, 0.1) is 0 Å². The third-order valence-electron chi connectivity index (χ3n) is 4.06. The maximum Gasteiger partial charge on any atom is 0.573 e. The van der Waals surface area contributed by atoms with E-state index in [1.807, 2.05) is 0 Å². The van der Waals surface area contributed by atoms with Gasteiger partial charge >= 0.3 is 12.3 Å². The van der Waals surface area contributed by atoms with Gasteiger partial charge in [0.25, 0.3) is 0 Å². The van der Waals surface area contributed by atoms with E-state index in [0.717, 1.165) is 12.1 Å². The molecule has 2 unspecified atom stereocenters. The van der Waals surface area contributed by atoms with Crippen molar-refractivity contribution in [3.8, 4) is 5.75 Å². The molecule has 2 N–H and O–H groups in total. The van der Waals surface area contributed by atoms with Crippen molar-refractivity contribution in [2.24, 2.45) is 5.10 Å². The number of ether oxygens (including phenoxy) is 1. The molecule has 3 rings (SSSR count). The van der Waals surface area contributed by atoms with E-state index in [0.29, 0.717) is 16.1 Å². The van der Waals surface area contributed by atoms with Gasteiger partial charge in [-0.05, 0) is 36.4 Å². The summed E-state index contributed by atoms with van der Waals surface area (Å²) in [6, 6.07) is 10.3. The molecule has 148 valence electrons. The second-order valence-corrected chi connectivity index (χ2v) is 6.53. The van der Waals surface area contributed by atoms with Gasteiger partial charge in [-0.2, -0.15) is 5.10 Å². The third kappa shape index (κ3) is 4.53. The fraction of sp³-hybridized carbons (Fsp3) is 0.222. The Morgan fingerprint density at radius 3 is 2.14 bits per heavy atom. The van der Waals surface area contributed by atoms with E-state index in [-0.39, 0.29) is 12.1 Å². The smallest absolute Gasteiger partial charge is 0.479 e. The monoisotopic (exact) mass is 416 g/mol. The van der Waals surface area contributed by atoms with Gasteiger partial charge in [-0.3, -0.25) is 0 Å². The third-order valence-corrected chi connectivity index (χ3v) is 4.31. The van der Waals surface area contributed by atoms with Crippen molar-refractivity contribution in [1.29, 1.82) is 0 Å². The summed E-state index contributed by atoms with van der Waals surface area (Å²) in [5.41, 5.74) is 1.31. The Kier molecular flexibility index (Phi) is 5.20. The summed E-state index contributed by atoms with van der Waals surface area (Å²) in [7, 11) is 0. The van der Waals surface area contributed by atoms with Crippen LogP contribution in [0.5, 0.6) is 5.75 Å². The summed E-state index contributed by atoms with van der Waals surface area (Å²) >= 11 is 5.86. The second-order valence-electron chi connectivity index (χ2n) is 6.09.